The van der Waals surface area contributed by atoms with Crippen LogP contribution in [0.5, 0.6) is 0 Å². The monoisotopic (exact) mass is 254 g/mol. The highest BCUT2D eigenvalue weighted by Gasteiger charge is 2.05. The van der Waals surface area contributed by atoms with Gasteiger partial charge in [-0.25, -0.2) is 0 Å². The van der Waals surface area contributed by atoms with Crippen molar-refractivity contribution in [3.63, 3.8) is 0 Å². The average Bonchev–Trinajstić information content (AvgIpc) is 2.25. The highest BCUT2D eigenvalue weighted by Crippen LogP contribution is 1.90. The minimum Gasteiger partial charge on any atom is -0.469 e. The van der Waals surface area contributed by atoms with Gasteiger partial charge in [0.25, 0.3) is 0 Å². The summed E-state index contributed by atoms with van der Waals surface area (Å²) in [6.07, 6.45) is 0.246. The van der Waals surface area contributed by atoms with Crippen LogP contribution in [0.4, 0.5) is 0 Å². The molecule has 0 rings (SSSR count). The number of hydrogen-bond acceptors (Lipinski definition) is 5. The summed E-state index contributed by atoms with van der Waals surface area (Å²) in [6, 6.07) is 0. The van der Waals surface area contributed by atoms with E-state index in [0.29, 0.717) is 26.3 Å². The number of carbonyl (C=O) groups is 2. The molecule has 0 aliphatic rings. The van der Waals surface area contributed by atoms with Gasteiger partial charge in [-0.15, -0.1) is 12.4 Å². The molecule has 0 heterocycles. The Morgan fingerprint density at radius 1 is 1.25 bits per heavy atom. The summed E-state index contributed by atoms with van der Waals surface area (Å²) in [6.45, 7) is 1.81. The first-order chi connectivity index (χ1) is 7.20. The Hall–Kier alpha value is -0.850. The van der Waals surface area contributed by atoms with Gasteiger partial charge in [-0.1, -0.05) is 0 Å². The van der Waals surface area contributed by atoms with E-state index in [-0.39, 0.29) is 37.1 Å². The predicted molar refractivity (Wildman–Crippen MR) is 61.4 cm³/mol. The third kappa shape index (κ3) is 11.2. The summed E-state index contributed by atoms with van der Waals surface area (Å²) < 4.78 is 9.45. The largest absolute Gasteiger partial charge is 0.469 e. The third-order valence-electron chi connectivity index (χ3n) is 1.61. The van der Waals surface area contributed by atoms with Crippen LogP contribution in [0.25, 0.3) is 0 Å². The fraction of sp³-hybridized carbons (Fsp3) is 0.778. The number of nitrogens with one attached hydrogen (secondary N) is 1. The zero-order valence-corrected chi connectivity index (χ0v) is 10.2. The molecule has 0 saturated carbocycles. The number of ether oxygens (including phenoxy) is 2. The summed E-state index contributed by atoms with van der Waals surface area (Å²) in [7, 11) is 1.29. The van der Waals surface area contributed by atoms with Gasteiger partial charge in [-0.3, -0.25) is 9.59 Å². The van der Waals surface area contributed by atoms with Gasteiger partial charge in [-0.2, -0.15) is 0 Å². The third-order valence-corrected chi connectivity index (χ3v) is 1.61. The zero-order valence-electron chi connectivity index (χ0n) is 9.36. The lowest BCUT2D eigenvalue weighted by Gasteiger charge is -2.05. The molecule has 7 heteroatoms. The summed E-state index contributed by atoms with van der Waals surface area (Å²) in [5.41, 5.74) is 5.20. The van der Waals surface area contributed by atoms with E-state index in [1.54, 1.807) is 0 Å². The van der Waals surface area contributed by atoms with Crippen molar-refractivity contribution in [1.82, 2.24) is 5.32 Å². The lowest BCUT2D eigenvalue weighted by molar-refractivity contribution is -0.142. The quantitative estimate of drug-likeness (QED) is 0.448. The topological polar surface area (TPSA) is 90.7 Å². The van der Waals surface area contributed by atoms with Crippen molar-refractivity contribution in [3.05, 3.63) is 0 Å². The molecule has 96 valence electrons. The fourth-order valence-electron chi connectivity index (χ4n) is 0.854. The lowest BCUT2D eigenvalue weighted by atomic mass is 10.3. The van der Waals surface area contributed by atoms with Gasteiger partial charge in [0.15, 0.2) is 0 Å². The van der Waals surface area contributed by atoms with Crippen molar-refractivity contribution in [2.24, 2.45) is 5.73 Å². The number of nitrogens with two attached hydrogens (primary N) is 1. The van der Waals surface area contributed by atoms with Crippen LogP contribution in [0.1, 0.15) is 12.8 Å². The van der Waals surface area contributed by atoms with Gasteiger partial charge in [0.05, 0.1) is 26.7 Å². The number of amides is 1. The Kier molecular flexibility index (Phi) is 13.4. The van der Waals surface area contributed by atoms with E-state index >= 15 is 0 Å². The Morgan fingerprint density at radius 2 is 1.94 bits per heavy atom. The highest BCUT2D eigenvalue weighted by atomic mass is 35.5. The summed E-state index contributed by atoms with van der Waals surface area (Å²) in [4.78, 5) is 21.8. The normalized spacial score (nSPS) is 9.12. The van der Waals surface area contributed by atoms with Crippen LogP contribution in [-0.2, 0) is 19.1 Å². The number of hydrogen-bond donors (Lipinski definition) is 2. The van der Waals surface area contributed by atoms with E-state index in [1.165, 1.54) is 7.11 Å². The maximum Gasteiger partial charge on any atom is 0.306 e. The standard InChI is InChI=1S/C9H18N2O4.ClH/c1-14-9(13)3-2-8(12)11-5-7-15-6-4-10;/h2-7,10H2,1H3,(H,11,12);1H. The molecule has 1 amide bonds. The minimum atomic E-state index is -0.385. The summed E-state index contributed by atoms with van der Waals surface area (Å²) in [5, 5.41) is 2.61. The second-order valence-electron chi connectivity index (χ2n) is 2.83. The molecule has 0 spiro atoms. The van der Waals surface area contributed by atoms with Gasteiger partial charge in [0.1, 0.15) is 0 Å². The zero-order chi connectivity index (χ0) is 11.5. The lowest BCUT2D eigenvalue weighted by Crippen LogP contribution is -2.28. The van der Waals surface area contributed by atoms with Gasteiger partial charge >= 0.3 is 5.97 Å². The van der Waals surface area contributed by atoms with Crippen LogP contribution < -0.4 is 11.1 Å². The first-order valence-corrected chi connectivity index (χ1v) is 4.82. The first kappa shape index (κ1) is 17.5. The molecule has 0 aromatic rings. The molecule has 0 atom stereocenters. The predicted octanol–water partition coefficient (Wildman–Crippen LogP) is -0.547. The molecule has 0 fully saturated rings. The van der Waals surface area contributed by atoms with E-state index in [4.69, 9.17) is 10.5 Å². The number of rotatable bonds is 8. The Morgan fingerprint density at radius 3 is 2.50 bits per heavy atom. The highest BCUT2D eigenvalue weighted by molar-refractivity contribution is 5.85. The maximum atomic E-state index is 11.1. The Balaban J connectivity index is 0. The van der Waals surface area contributed by atoms with E-state index in [9.17, 15) is 9.59 Å². The van der Waals surface area contributed by atoms with Gasteiger partial charge < -0.3 is 20.5 Å². The number of esters is 1. The van der Waals surface area contributed by atoms with Crippen molar-refractivity contribution < 1.29 is 19.1 Å². The Bertz CT molecular complexity index is 202. The second-order valence-corrected chi connectivity index (χ2v) is 2.83. The van der Waals surface area contributed by atoms with Crippen molar-refractivity contribution in [3.8, 4) is 0 Å². The average molecular weight is 255 g/mol. The first-order valence-electron chi connectivity index (χ1n) is 4.82. The smallest absolute Gasteiger partial charge is 0.306 e. The molecule has 6 nitrogen and oxygen atoms in total. The molecule has 0 aromatic carbocycles. The van der Waals surface area contributed by atoms with Gasteiger partial charge in [0.2, 0.25) is 5.91 Å². The molecule has 0 radical (unpaired) electrons. The summed E-state index contributed by atoms with van der Waals surface area (Å²) in [5.74, 6) is -0.568. The Labute approximate surface area is 101 Å². The molecular formula is C9H19ClN2O4. The molecule has 16 heavy (non-hydrogen) atoms. The van der Waals surface area contributed by atoms with E-state index in [0.717, 1.165) is 0 Å². The second kappa shape index (κ2) is 12.2. The molecule has 0 aliphatic heterocycles. The van der Waals surface area contributed by atoms with Crippen LogP contribution in [0, 0.1) is 0 Å². The molecule has 0 aromatic heterocycles. The van der Waals surface area contributed by atoms with Gasteiger partial charge in [0, 0.05) is 19.5 Å². The van der Waals surface area contributed by atoms with E-state index in [1.807, 2.05) is 0 Å². The molecule has 0 saturated heterocycles. The van der Waals surface area contributed by atoms with Crippen LogP contribution in [-0.4, -0.2) is 45.3 Å². The molecule has 0 unspecified atom stereocenters. The van der Waals surface area contributed by atoms with Crippen molar-refractivity contribution >= 4 is 24.3 Å². The van der Waals surface area contributed by atoms with E-state index in [2.05, 4.69) is 10.1 Å². The van der Waals surface area contributed by atoms with Crippen LogP contribution in [0.3, 0.4) is 0 Å². The molecule has 0 aliphatic carbocycles. The number of carbonyl (C=O) groups excluding carboxylic acids is 2. The fourth-order valence-corrected chi connectivity index (χ4v) is 0.854. The molecule has 0 bridgehead atoms. The van der Waals surface area contributed by atoms with Crippen LogP contribution in [0.2, 0.25) is 0 Å². The number of halogens is 1. The van der Waals surface area contributed by atoms with Crippen molar-refractivity contribution in [2.45, 2.75) is 12.8 Å². The van der Waals surface area contributed by atoms with Crippen LogP contribution in [0.15, 0.2) is 0 Å². The van der Waals surface area contributed by atoms with Gasteiger partial charge in [-0.05, 0) is 0 Å². The van der Waals surface area contributed by atoms with Crippen molar-refractivity contribution in [1.29, 1.82) is 0 Å². The van der Waals surface area contributed by atoms with E-state index < -0.39 is 0 Å². The summed E-state index contributed by atoms with van der Waals surface area (Å²) >= 11 is 0. The SMILES string of the molecule is COC(=O)CCC(=O)NCCOCCN.Cl. The van der Waals surface area contributed by atoms with Crippen molar-refractivity contribution in [2.75, 3.05) is 33.4 Å². The molecular weight excluding hydrogens is 236 g/mol. The maximum absolute atomic E-state index is 11.1. The minimum absolute atomic E-state index is 0. The molecule has 3 N–H and O–H groups in total. The number of methoxy groups -OCH3 is 1. The van der Waals surface area contributed by atoms with Crippen LogP contribution >= 0.6 is 12.4 Å².